The van der Waals surface area contributed by atoms with Gasteiger partial charge in [-0.2, -0.15) is 0 Å². The SMILES string of the molecule is CCC(Sc1cccc(NC(=O)Cc2ccccc2)c1)C(=O)Nc1ccc2cc[nH]c2c1. The Morgan fingerprint density at radius 1 is 0.906 bits per heavy atom. The molecule has 1 aromatic heterocycles. The molecule has 0 saturated heterocycles. The molecule has 0 spiro atoms. The first kappa shape index (κ1) is 21.7. The van der Waals surface area contributed by atoms with Crippen LogP contribution in [0.25, 0.3) is 10.9 Å². The third-order valence-corrected chi connectivity index (χ3v) is 6.45. The average Bonchev–Trinajstić information content (AvgIpc) is 3.26. The zero-order valence-corrected chi connectivity index (χ0v) is 18.6. The van der Waals surface area contributed by atoms with Crippen molar-refractivity contribution in [2.45, 2.75) is 29.9 Å². The van der Waals surface area contributed by atoms with E-state index in [0.29, 0.717) is 12.8 Å². The molecule has 3 aromatic carbocycles. The lowest BCUT2D eigenvalue weighted by molar-refractivity contribution is -0.116. The topological polar surface area (TPSA) is 74.0 Å². The monoisotopic (exact) mass is 443 g/mol. The van der Waals surface area contributed by atoms with Crippen LogP contribution in [0, 0.1) is 0 Å². The molecule has 162 valence electrons. The predicted octanol–water partition coefficient (Wildman–Crippen LogP) is 5.86. The number of hydrogen-bond donors (Lipinski definition) is 3. The van der Waals surface area contributed by atoms with Crippen molar-refractivity contribution in [1.82, 2.24) is 4.98 Å². The van der Waals surface area contributed by atoms with Crippen LogP contribution in [0.3, 0.4) is 0 Å². The van der Waals surface area contributed by atoms with Crippen molar-refractivity contribution in [3.8, 4) is 0 Å². The molecule has 3 N–H and O–H groups in total. The minimum atomic E-state index is -0.246. The minimum Gasteiger partial charge on any atom is -0.361 e. The van der Waals surface area contributed by atoms with Gasteiger partial charge in [-0.05, 0) is 53.8 Å². The van der Waals surface area contributed by atoms with Crippen LogP contribution in [0.4, 0.5) is 11.4 Å². The quantitative estimate of drug-likeness (QED) is 0.299. The molecule has 0 radical (unpaired) electrons. The Morgan fingerprint density at radius 3 is 2.53 bits per heavy atom. The van der Waals surface area contributed by atoms with E-state index in [4.69, 9.17) is 0 Å². The van der Waals surface area contributed by atoms with Gasteiger partial charge in [0.2, 0.25) is 11.8 Å². The number of fused-ring (bicyclic) bond motifs is 1. The van der Waals surface area contributed by atoms with Crippen LogP contribution in [-0.4, -0.2) is 22.0 Å². The maximum absolute atomic E-state index is 12.9. The van der Waals surface area contributed by atoms with Gasteiger partial charge < -0.3 is 15.6 Å². The lowest BCUT2D eigenvalue weighted by atomic mass is 10.1. The highest BCUT2D eigenvalue weighted by Gasteiger charge is 2.18. The molecule has 5 nitrogen and oxygen atoms in total. The highest BCUT2D eigenvalue weighted by Crippen LogP contribution is 2.29. The van der Waals surface area contributed by atoms with Crippen LogP contribution < -0.4 is 10.6 Å². The Kier molecular flexibility index (Phi) is 6.92. The Balaban J connectivity index is 1.38. The maximum Gasteiger partial charge on any atom is 0.237 e. The molecule has 0 aliphatic rings. The highest BCUT2D eigenvalue weighted by molar-refractivity contribution is 8.00. The van der Waals surface area contributed by atoms with Crippen molar-refractivity contribution >= 4 is 45.9 Å². The summed E-state index contributed by atoms with van der Waals surface area (Å²) in [6.07, 6.45) is 2.89. The minimum absolute atomic E-state index is 0.0399. The van der Waals surface area contributed by atoms with E-state index in [2.05, 4.69) is 15.6 Å². The van der Waals surface area contributed by atoms with Gasteiger partial charge in [0, 0.05) is 28.0 Å². The fourth-order valence-electron chi connectivity index (χ4n) is 3.47. The van der Waals surface area contributed by atoms with E-state index in [0.717, 1.165) is 32.7 Å². The number of hydrogen-bond acceptors (Lipinski definition) is 3. The Labute approximate surface area is 191 Å². The second kappa shape index (κ2) is 10.2. The zero-order valence-electron chi connectivity index (χ0n) is 17.8. The number of H-pyrrole nitrogens is 1. The smallest absolute Gasteiger partial charge is 0.237 e. The fraction of sp³-hybridized carbons (Fsp3) is 0.154. The largest absolute Gasteiger partial charge is 0.361 e. The third-order valence-electron chi connectivity index (χ3n) is 5.09. The van der Waals surface area contributed by atoms with Gasteiger partial charge >= 0.3 is 0 Å². The van der Waals surface area contributed by atoms with E-state index < -0.39 is 0 Å². The summed E-state index contributed by atoms with van der Waals surface area (Å²) in [6, 6.07) is 25.1. The molecular formula is C26H25N3O2S. The number of carbonyl (C=O) groups excluding carboxylic acids is 2. The van der Waals surface area contributed by atoms with Gasteiger partial charge in [0.1, 0.15) is 0 Å². The molecule has 0 saturated carbocycles. The molecule has 0 aliphatic heterocycles. The molecule has 1 unspecified atom stereocenters. The molecule has 6 heteroatoms. The number of nitrogens with one attached hydrogen (secondary N) is 3. The van der Waals surface area contributed by atoms with Crippen LogP contribution in [-0.2, 0) is 16.0 Å². The van der Waals surface area contributed by atoms with Crippen molar-refractivity contribution in [2.75, 3.05) is 10.6 Å². The van der Waals surface area contributed by atoms with Crippen LogP contribution in [0.1, 0.15) is 18.9 Å². The summed E-state index contributed by atoms with van der Waals surface area (Å²) in [5, 5.41) is 6.83. The van der Waals surface area contributed by atoms with Crippen molar-refractivity contribution in [3.63, 3.8) is 0 Å². The van der Waals surface area contributed by atoms with Crippen molar-refractivity contribution in [3.05, 3.63) is 90.6 Å². The van der Waals surface area contributed by atoms with E-state index in [1.165, 1.54) is 11.8 Å². The highest BCUT2D eigenvalue weighted by atomic mass is 32.2. The number of thioether (sulfide) groups is 1. The van der Waals surface area contributed by atoms with Gasteiger partial charge in [0.05, 0.1) is 11.7 Å². The number of benzene rings is 3. The van der Waals surface area contributed by atoms with Gasteiger partial charge in [0.15, 0.2) is 0 Å². The molecule has 4 rings (SSSR count). The average molecular weight is 444 g/mol. The van der Waals surface area contributed by atoms with E-state index in [1.807, 2.05) is 92.0 Å². The van der Waals surface area contributed by atoms with E-state index in [-0.39, 0.29) is 17.1 Å². The number of carbonyl (C=O) groups is 2. The van der Waals surface area contributed by atoms with E-state index >= 15 is 0 Å². The zero-order chi connectivity index (χ0) is 22.3. The molecule has 0 bridgehead atoms. The second-order valence-electron chi connectivity index (χ2n) is 7.52. The number of amides is 2. The van der Waals surface area contributed by atoms with E-state index in [1.54, 1.807) is 0 Å². The van der Waals surface area contributed by atoms with Crippen molar-refractivity contribution in [2.24, 2.45) is 0 Å². The summed E-state index contributed by atoms with van der Waals surface area (Å²) < 4.78 is 0. The number of anilines is 2. The second-order valence-corrected chi connectivity index (χ2v) is 8.80. The summed E-state index contributed by atoms with van der Waals surface area (Å²) in [4.78, 5) is 29.3. The number of aromatic amines is 1. The van der Waals surface area contributed by atoms with Crippen molar-refractivity contribution in [1.29, 1.82) is 0 Å². The molecule has 32 heavy (non-hydrogen) atoms. The van der Waals surface area contributed by atoms with Crippen LogP contribution in [0.2, 0.25) is 0 Å². The normalized spacial score (nSPS) is 11.8. The van der Waals surface area contributed by atoms with Crippen LogP contribution in [0.5, 0.6) is 0 Å². The Morgan fingerprint density at radius 2 is 1.72 bits per heavy atom. The summed E-state index contributed by atoms with van der Waals surface area (Å²) in [7, 11) is 0. The first-order valence-electron chi connectivity index (χ1n) is 10.6. The summed E-state index contributed by atoms with van der Waals surface area (Å²) in [6.45, 7) is 2.00. The summed E-state index contributed by atoms with van der Waals surface area (Å²) >= 11 is 1.50. The maximum atomic E-state index is 12.9. The van der Waals surface area contributed by atoms with Crippen molar-refractivity contribution < 1.29 is 9.59 Å². The van der Waals surface area contributed by atoms with Crippen LogP contribution >= 0.6 is 11.8 Å². The lowest BCUT2D eigenvalue weighted by Gasteiger charge is -2.15. The molecule has 1 heterocycles. The van der Waals surface area contributed by atoms with Gasteiger partial charge in [0.25, 0.3) is 0 Å². The van der Waals surface area contributed by atoms with Gasteiger partial charge in [-0.25, -0.2) is 0 Å². The lowest BCUT2D eigenvalue weighted by Crippen LogP contribution is -2.24. The number of aromatic nitrogens is 1. The fourth-order valence-corrected chi connectivity index (χ4v) is 4.48. The van der Waals surface area contributed by atoms with Gasteiger partial charge in [-0.1, -0.05) is 49.4 Å². The van der Waals surface area contributed by atoms with E-state index in [9.17, 15) is 9.59 Å². The third kappa shape index (κ3) is 5.59. The molecule has 1 atom stereocenters. The van der Waals surface area contributed by atoms with Crippen LogP contribution in [0.15, 0.2) is 90.0 Å². The summed E-state index contributed by atoms with van der Waals surface area (Å²) in [5.74, 6) is -0.107. The van der Waals surface area contributed by atoms with Gasteiger partial charge in [-0.15, -0.1) is 11.8 Å². The van der Waals surface area contributed by atoms with Gasteiger partial charge in [-0.3, -0.25) is 9.59 Å². The molecular weight excluding hydrogens is 418 g/mol. The molecule has 0 aliphatic carbocycles. The first-order valence-corrected chi connectivity index (χ1v) is 11.5. The molecule has 2 amide bonds. The molecule has 4 aromatic rings. The number of rotatable bonds is 8. The Hall–Kier alpha value is -3.51. The Bertz CT molecular complexity index is 1220. The standard InChI is InChI=1S/C26H25N3O2S/c1-2-24(26(31)29-21-12-11-19-13-14-27-23(19)17-21)32-22-10-6-9-20(16-22)28-25(30)15-18-7-4-3-5-8-18/h3-14,16-17,24,27H,2,15H2,1H3,(H,28,30)(H,29,31). The molecule has 0 fully saturated rings. The predicted molar refractivity (Wildman–Crippen MR) is 132 cm³/mol. The first-order chi connectivity index (χ1) is 15.6. The summed E-state index contributed by atoms with van der Waals surface area (Å²) in [5.41, 5.74) is 3.45.